The highest BCUT2D eigenvalue weighted by molar-refractivity contribution is 7.80. The minimum atomic E-state index is -1.22. The van der Waals surface area contributed by atoms with E-state index in [1.807, 2.05) is 30.3 Å². The van der Waals surface area contributed by atoms with E-state index in [1.165, 1.54) is 0 Å². The van der Waals surface area contributed by atoms with Crippen LogP contribution in [0.1, 0.15) is 5.56 Å². The maximum atomic E-state index is 12.4. The van der Waals surface area contributed by atoms with Crippen molar-refractivity contribution < 1.29 is 24.3 Å². The van der Waals surface area contributed by atoms with Gasteiger partial charge in [-0.1, -0.05) is 30.3 Å². The summed E-state index contributed by atoms with van der Waals surface area (Å²) in [5, 5.41) is 15.7. The van der Waals surface area contributed by atoms with E-state index in [-0.39, 0.29) is 11.5 Å². The third kappa shape index (κ3) is 8.19. The second kappa shape index (κ2) is 12.3. The van der Waals surface area contributed by atoms with Gasteiger partial charge in [0.15, 0.2) is 0 Å². The molecule has 0 aromatic heterocycles. The largest absolute Gasteiger partial charge is 0.480 e. The van der Waals surface area contributed by atoms with Crippen molar-refractivity contribution in [3.8, 4) is 0 Å². The number of carboxylic acids is 1. The summed E-state index contributed by atoms with van der Waals surface area (Å²) < 4.78 is 0. The monoisotopic (exact) mass is 428 g/mol. The highest BCUT2D eigenvalue weighted by atomic mass is 32.1. The molecule has 3 unspecified atom stereocenters. The van der Waals surface area contributed by atoms with Gasteiger partial charge in [0.25, 0.3) is 0 Å². The third-order valence-electron chi connectivity index (χ3n) is 3.68. The van der Waals surface area contributed by atoms with Gasteiger partial charge in [-0.25, -0.2) is 0 Å². The Morgan fingerprint density at radius 3 is 2.00 bits per heavy atom. The molecule has 11 heteroatoms. The van der Waals surface area contributed by atoms with Gasteiger partial charge in [-0.2, -0.15) is 25.3 Å². The first kappa shape index (κ1) is 23.8. The van der Waals surface area contributed by atoms with Gasteiger partial charge in [0, 0.05) is 11.5 Å². The van der Waals surface area contributed by atoms with E-state index in [0.717, 1.165) is 5.56 Å². The minimum Gasteiger partial charge on any atom is -0.480 e. The molecule has 154 valence electrons. The standard InChI is InChI=1S/C17H24N4O5S2/c18-11(6-10-4-2-1-3-5-10)15(24)20-13(9-28)17(26)21-12(8-27)16(25)19-7-14(22)23/h1-5,11-13,27-28H,6-9,18H2,(H,19,25)(H,20,24)(H,21,26)(H,22,23). The number of hydrogen-bond acceptors (Lipinski definition) is 7. The number of benzene rings is 1. The second-order valence-electron chi connectivity index (χ2n) is 5.90. The van der Waals surface area contributed by atoms with Crippen molar-refractivity contribution in [3.63, 3.8) is 0 Å². The van der Waals surface area contributed by atoms with Gasteiger partial charge in [0.2, 0.25) is 17.7 Å². The molecule has 9 nitrogen and oxygen atoms in total. The number of rotatable bonds is 11. The van der Waals surface area contributed by atoms with Gasteiger partial charge in [0.05, 0.1) is 6.04 Å². The highest BCUT2D eigenvalue weighted by Gasteiger charge is 2.27. The van der Waals surface area contributed by atoms with Crippen molar-refractivity contribution in [2.45, 2.75) is 24.5 Å². The van der Waals surface area contributed by atoms with Gasteiger partial charge in [0.1, 0.15) is 18.6 Å². The van der Waals surface area contributed by atoms with Gasteiger partial charge < -0.3 is 26.8 Å². The van der Waals surface area contributed by atoms with Crippen LogP contribution in [0, 0.1) is 0 Å². The van der Waals surface area contributed by atoms with E-state index in [9.17, 15) is 19.2 Å². The Balaban J connectivity index is 2.62. The number of amides is 3. The lowest BCUT2D eigenvalue weighted by molar-refractivity contribution is -0.138. The lowest BCUT2D eigenvalue weighted by Gasteiger charge is -2.22. The Labute approximate surface area is 173 Å². The van der Waals surface area contributed by atoms with E-state index >= 15 is 0 Å². The highest BCUT2D eigenvalue weighted by Crippen LogP contribution is 2.03. The molecule has 0 heterocycles. The molecule has 0 aliphatic rings. The van der Waals surface area contributed by atoms with E-state index < -0.39 is 48.4 Å². The number of hydrogen-bond donors (Lipinski definition) is 7. The van der Waals surface area contributed by atoms with Crippen molar-refractivity contribution in [2.75, 3.05) is 18.1 Å². The first-order valence-corrected chi connectivity index (χ1v) is 9.66. The Morgan fingerprint density at radius 2 is 1.46 bits per heavy atom. The van der Waals surface area contributed by atoms with Crippen molar-refractivity contribution in [3.05, 3.63) is 35.9 Å². The molecule has 0 radical (unpaired) electrons. The van der Waals surface area contributed by atoms with E-state index in [0.29, 0.717) is 6.42 Å². The predicted octanol–water partition coefficient (Wildman–Crippen LogP) is -1.41. The van der Waals surface area contributed by atoms with Gasteiger partial charge in [-0.15, -0.1) is 0 Å². The van der Waals surface area contributed by atoms with Crippen molar-refractivity contribution in [2.24, 2.45) is 5.73 Å². The van der Waals surface area contributed by atoms with Crippen LogP contribution in [-0.2, 0) is 25.6 Å². The van der Waals surface area contributed by atoms with Crippen molar-refractivity contribution >= 4 is 48.9 Å². The van der Waals surface area contributed by atoms with Crippen molar-refractivity contribution in [1.29, 1.82) is 0 Å². The molecule has 0 spiro atoms. The van der Waals surface area contributed by atoms with Gasteiger partial charge in [-0.3, -0.25) is 19.2 Å². The van der Waals surface area contributed by atoms with Crippen LogP contribution >= 0.6 is 25.3 Å². The van der Waals surface area contributed by atoms with E-state index in [4.69, 9.17) is 10.8 Å². The lowest BCUT2D eigenvalue weighted by atomic mass is 10.1. The van der Waals surface area contributed by atoms with Crippen LogP contribution in [0.2, 0.25) is 0 Å². The number of carbonyl (C=O) groups is 4. The number of nitrogens with two attached hydrogens (primary N) is 1. The summed E-state index contributed by atoms with van der Waals surface area (Å²) >= 11 is 8.04. The Morgan fingerprint density at radius 1 is 0.929 bits per heavy atom. The average Bonchev–Trinajstić information content (AvgIpc) is 2.68. The van der Waals surface area contributed by atoms with E-state index in [2.05, 4.69) is 41.2 Å². The Bertz CT molecular complexity index is 689. The molecule has 1 rings (SSSR count). The zero-order chi connectivity index (χ0) is 21.1. The Hall–Kier alpha value is -2.24. The Kier molecular flexibility index (Phi) is 10.4. The zero-order valence-corrected chi connectivity index (χ0v) is 16.8. The third-order valence-corrected chi connectivity index (χ3v) is 4.41. The van der Waals surface area contributed by atoms with Crippen LogP contribution in [0.25, 0.3) is 0 Å². The van der Waals surface area contributed by atoms with Crippen LogP contribution in [0.3, 0.4) is 0 Å². The molecule has 28 heavy (non-hydrogen) atoms. The van der Waals surface area contributed by atoms with Gasteiger partial charge in [-0.05, 0) is 12.0 Å². The molecule has 0 fully saturated rings. The topological polar surface area (TPSA) is 151 Å². The summed E-state index contributed by atoms with van der Waals surface area (Å²) in [5.41, 5.74) is 6.77. The molecule has 1 aromatic rings. The molecule has 0 saturated heterocycles. The van der Waals surface area contributed by atoms with Crippen molar-refractivity contribution in [1.82, 2.24) is 16.0 Å². The molecule has 0 aliphatic carbocycles. The number of nitrogens with one attached hydrogen (secondary N) is 3. The van der Waals surface area contributed by atoms with Crippen LogP contribution in [0.4, 0.5) is 0 Å². The summed E-state index contributed by atoms with van der Waals surface area (Å²) in [6, 6.07) is 6.23. The molecule has 3 amide bonds. The summed E-state index contributed by atoms with van der Waals surface area (Å²) in [4.78, 5) is 47.0. The predicted molar refractivity (Wildman–Crippen MR) is 110 cm³/mol. The van der Waals surface area contributed by atoms with Gasteiger partial charge >= 0.3 is 5.97 Å². The second-order valence-corrected chi connectivity index (χ2v) is 6.63. The summed E-state index contributed by atoms with van der Waals surface area (Å²) in [5.74, 6) is -3.18. The van der Waals surface area contributed by atoms with Crippen LogP contribution in [-0.4, -0.2) is 65.0 Å². The fourth-order valence-electron chi connectivity index (χ4n) is 2.19. The van der Waals surface area contributed by atoms with Crippen LogP contribution in [0.5, 0.6) is 0 Å². The summed E-state index contributed by atoms with van der Waals surface area (Å²) in [7, 11) is 0. The first-order valence-electron chi connectivity index (χ1n) is 8.40. The van der Waals surface area contributed by atoms with Crippen LogP contribution < -0.4 is 21.7 Å². The number of thiol groups is 2. The fraction of sp³-hybridized carbons (Fsp3) is 0.412. The van der Waals surface area contributed by atoms with E-state index in [1.54, 1.807) is 0 Å². The smallest absolute Gasteiger partial charge is 0.322 e. The SMILES string of the molecule is NC(Cc1ccccc1)C(=O)NC(CS)C(=O)NC(CS)C(=O)NCC(=O)O. The molecule has 3 atom stereocenters. The number of aliphatic carboxylic acids is 1. The quantitative estimate of drug-likeness (QED) is 0.215. The molecule has 1 aromatic carbocycles. The molecule has 0 bridgehead atoms. The summed E-state index contributed by atoms with van der Waals surface area (Å²) in [6.07, 6.45) is 0.296. The molecule has 0 saturated carbocycles. The first-order chi connectivity index (χ1) is 13.3. The average molecular weight is 429 g/mol. The normalized spacial score (nSPS) is 13.7. The number of carbonyl (C=O) groups excluding carboxylic acids is 3. The maximum absolute atomic E-state index is 12.4. The minimum absolute atomic E-state index is 0.0222. The zero-order valence-electron chi connectivity index (χ0n) is 15.0. The molecule has 6 N–H and O–H groups in total. The summed E-state index contributed by atoms with van der Waals surface area (Å²) in [6.45, 7) is -0.583. The molecular formula is C17H24N4O5S2. The van der Waals surface area contributed by atoms with Crippen LogP contribution in [0.15, 0.2) is 30.3 Å². The number of carboxylic acid groups (broad SMARTS) is 1. The molecule has 0 aliphatic heterocycles. The fourth-order valence-corrected chi connectivity index (χ4v) is 2.70. The molecular weight excluding hydrogens is 404 g/mol. The maximum Gasteiger partial charge on any atom is 0.322 e. The lowest BCUT2D eigenvalue weighted by Crippen LogP contribution is -2.57.